The maximum absolute atomic E-state index is 11.7. The van der Waals surface area contributed by atoms with Gasteiger partial charge in [-0.3, -0.25) is 9.69 Å². The maximum atomic E-state index is 11.7. The molecule has 1 aromatic heterocycles. The first-order chi connectivity index (χ1) is 11.2. The molecule has 0 atom stereocenters. The lowest BCUT2D eigenvalue weighted by molar-refractivity contribution is 0.0959. The van der Waals surface area contributed by atoms with E-state index in [1.165, 1.54) is 11.3 Å². The number of carbonyl (C=O) groups excluding carboxylic acids is 2. The minimum Gasteiger partial charge on any atom is -0.447 e. The molecule has 1 N–H and O–H groups in total. The Morgan fingerprint density at radius 3 is 2.78 bits per heavy atom. The van der Waals surface area contributed by atoms with Gasteiger partial charge in [0.2, 0.25) is 0 Å². The number of thiophene rings is 1. The molecule has 0 radical (unpaired) electrons. The van der Waals surface area contributed by atoms with Gasteiger partial charge in [-0.25, -0.2) is 4.79 Å². The van der Waals surface area contributed by atoms with Gasteiger partial charge >= 0.3 is 6.09 Å². The van der Waals surface area contributed by atoms with E-state index >= 15 is 0 Å². The van der Waals surface area contributed by atoms with Crippen LogP contribution in [-0.4, -0.2) is 31.7 Å². The second-order valence-corrected chi connectivity index (χ2v) is 5.59. The summed E-state index contributed by atoms with van der Waals surface area (Å²) in [5, 5.41) is 6.40. The summed E-state index contributed by atoms with van der Waals surface area (Å²) in [6.07, 6.45) is -0.319. The van der Waals surface area contributed by atoms with Gasteiger partial charge in [-0.2, -0.15) is 11.3 Å². The number of benzene rings is 1. The second kappa shape index (κ2) is 6.99. The standard InChI is InChI=1S/C17H14N2O3S/c20-16(14-7-11-23-12-14)18-8-1-2-13-3-5-15(6-4-13)19-9-10-22-17(19)21/h3-7,11-12H,8-10H2,(H,18,20). The first-order valence-corrected chi connectivity index (χ1v) is 8.02. The van der Waals surface area contributed by atoms with E-state index in [2.05, 4.69) is 17.2 Å². The predicted octanol–water partition coefficient (Wildman–Crippen LogP) is 2.49. The third kappa shape index (κ3) is 3.71. The molecule has 2 aromatic rings. The monoisotopic (exact) mass is 326 g/mol. The lowest BCUT2D eigenvalue weighted by atomic mass is 10.2. The van der Waals surface area contributed by atoms with Gasteiger partial charge < -0.3 is 10.1 Å². The summed E-state index contributed by atoms with van der Waals surface area (Å²) in [6, 6.07) is 9.12. The van der Waals surface area contributed by atoms with E-state index in [1.54, 1.807) is 16.3 Å². The molecule has 0 saturated carbocycles. The van der Waals surface area contributed by atoms with Crippen LogP contribution in [0.3, 0.4) is 0 Å². The Morgan fingerprint density at radius 2 is 2.13 bits per heavy atom. The van der Waals surface area contributed by atoms with Crippen LogP contribution in [0, 0.1) is 11.8 Å². The molecule has 23 heavy (non-hydrogen) atoms. The normalized spacial score (nSPS) is 13.2. The number of ether oxygens (including phenoxy) is 1. The number of rotatable bonds is 3. The van der Waals surface area contributed by atoms with Crippen molar-refractivity contribution >= 4 is 29.0 Å². The van der Waals surface area contributed by atoms with Crippen molar-refractivity contribution in [1.82, 2.24) is 5.32 Å². The number of anilines is 1. The van der Waals surface area contributed by atoms with E-state index in [-0.39, 0.29) is 18.5 Å². The van der Waals surface area contributed by atoms with Gasteiger partial charge in [0.05, 0.1) is 18.7 Å². The fourth-order valence-electron chi connectivity index (χ4n) is 2.12. The number of hydrogen-bond donors (Lipinski definition) is 1. The SMILES string of the molecule is O=C(NCC#Cc1ccc(N2CCOC2=O)cc1)c1ccsc1. The summed E-state index contributed by atoms with van der Waals surface area (Å²) >= 11 is 1.48. The van der Waals surface area contributed by atoms with Gasteiger partial charge in [0.15, 0.2) is 0 Å². The summed E-state index contributed by atoms with van der Waals surface area (Å²) in [6.45, 7) is 1.28. The Balaban J connectivity index is 1.54. The topological polar surface area (TPSA) is 58.6 Å². The summed E-state index contributed by atoms with van der Waals surface area (Å²) in [5.74, 6) is 5.76. The van der Waals surface area contributed by atoms with Crippen molar-refractivity contribution in [1.29, 1.82) is 0 Å². The average molecular weight is 326 g/mol. The zero-order valence-electron chi connectivity index (χ0n) is 12.2. The fourth-order valence-corrected chi connectivity index (χ4v) is 2.76. The van der Waals surface area contributed by atoms with Crippen molar-refractivity contribution in [3.8, 4) is 11.8 Å². The lowest BCUT2D eigenvalue weighted by Gasteiger charge is -2.11. The van der Waals surface area contributed by atoms with E-state index in [9.17, 15) is 9.59 Å². The Hall–Kier alpha value is -2.78. The van der Waals surface area contributed by atoms with Gasteiger partial charge in [0.25, 0.3) is 5.91 Å². The minimum absolute atomic E-state index is 0.122. The summed E-state index contributed by atoms with van der Waals surface area (Å²) in [4.78, 5) is 24.8. The molecule has 1 fully saturated rings. The molecular formula is C17H14N2O3S. The van der Waals surface area contributed by atoms with Gasteiger partial charge in [0, 0.05) is 16.6 Å². The van der Waals surface area contributed by atoms with Crippen LogP contribution in [0.1, 0.15) is 15.9 Å². The molecule has 0 unspecified atom stereocenters. The van der Waals surface area contributed by atoms with Gasteiger partial charge in [-0.05, 0) is 35.7 Å². The van der Waals surface area contributed by atoms with Gasteiger partial charge in [-0.15, -0.1) is 0 Å². The van der Waals surface area contributed by atoms with Gasteiger partial charge in [-0.1, -0.05) is 11.8 Å². The van der Waals surface area contributed by atoms with Crippen LogP contribution >= 0.6 is 11.3 Å². The number of carbonyl (C=O) groups is 2. The van der Waals surface area contributed by atoms with Crippen LogP contribution in [-0.2, 0) is 4.74 Å². The molecule has 0 bridgehead atoms. The van der Waals surface area contributed by atoms with Crippen LogP contribution in [0.5, 0.6) is 0 Å². The molecule has 5 nitrogen and oxygen atoms in total. The first-order valence-electron chi connectivity index (χ1n) is 7.08. The van der Waals surface area contributed by atoms with Crippen molar-refractivity contribution in [2.24, 2.45) is 0 Å². The molecule has 2 heterocycles. The van der Waals surface area contributed by atoms with Crippen molar-refractivity contribution in [3.05, 3.63) is 52.2 Å². The third-order valence-corrected chi connectivity index (χ3v) is 3.98. The number of nitrogens with zero attached hydrogens (tertiary/aromatic N) is 1. The highest BCUT2D eigenvalue weighted by Crippen LogP contribution is 2.18. The van der Waals surface area contributed by atoms with Crippen LogP contribution in [0.15, 0.2) is 41.1 Å². The van der Waals surface area contributed by atoms with Crippen molar-refractivity contribution < 1.29 is 14.3 Å². The molecule has 1 saturated heterocycles. The molecule has 1 aliphatic rings. The average Bonchev–Trinajstić information content (AvgIpc) is 3.23. The lowest BCUT2D eigenvalue weighted by Crippen LogP contribution is -2.23. The molecule has 1 aromatic carbocycles. The second-order valence-electron chi connectivity index (χ2n) is 4.81. The third-order valence-electron chi connectivity index (χ3n) is 3.29. The molecule has 2 amide bonds. The van der Waals surface area contributed by atoms with Crippen molar-refractivity contribution in [2.75, 3.05) is 24.6 Å². The van der Waals surface area contributed by atoms with E-state index < -0.39 is 0 Å². The quantitative estimate of drug-likeness (QED) is 0.882. The summed E-state index contributed by atoms with van der Waals surface area (Å²) < 4.78 is 4.90. The Morgan fingerprint density at radius 1 is 1.30 bits per heavy atom. The maximum Gasteiger partial charge on any atom is 0.414 e. The molecule has 0 aliphatic carbocycles. The molecule has 6 heteroatoms. The van der Waals surface area contributed by atoms with Crippen molar-refractivity contribution in [2.45, 2.75) is 0 Å². The molecule has 3 rings (SSSR count). The largest absolute Gasteiger partial charge is 0.447 e. The Bertz CT molecular complexity index is 757. The zero-order chi connectivity index (χ0) is 16.1. The highest BCUT2D eigenvalue weighted by Gasteiger charge is 2.23. The van der Waals surface area contributed by atoms with Crippen LogP contribution in [0.4, 0.5) is 10.5 Å². The summed E-state index contributed by atoms with van der Waals surface area (Å²) in [5.41, 5.74) is 2.27. The van der Waals surface area contributed by atoms with Crippen molar-refractivity contribution in [3.63, 3.8) is 0 Å². The molecule has 116 valence electrons. The van der Waals surface area contributed by atoms with E-state index in [1.807, 2.05) is 29.6 Å². The predicted molar refractivity (Wildman–Crippen MR) is 88.7 cm³/mol. The molecule has 1 aliphatic heterocycles. The highest BCUT2D eigenvalue weighted by atomic mass is 32.1. The fraction of sp³-hybridized carbons (Fsp3) is 0.176. The van der Waals surface area contributed by atoms with E-state index in [0.717, 1.165) is 11.3 Å². The minimum atomic E-state index is -0.319. The Labute approximate surface area is 137 Å². The number of hydrogen-bond acceptors (Lipinski definition) is 4. The number of amides is 2. The first kappa shape index (κ1) is 15.1. The molecule has 0 spiro atoms. The smallest absolute Gasteiger partial charge is 0.414 e. The molecular weight excluding hydrogens is 312 g/mol. The van der Waals surface area contributed by atoms with E-state index in [4.69, 9.17) is 4.74 Å². The Kier molecular flexibility index (Phi) is 4.60. The van der Waals surface area contributed by atoms with Crippen LogP contribution in [0.25, 0.3) is 0 Å². The number of nitrogens with one attached hydrogen (secondary N) is 1. The van der Waals surface area contributed by atoms with E-state index in [0.29, 0.717) is 18.7 Å². The van der Waals surface area contributed by atoms with Crippen LogP contribution < -0.4 is 10.2 Å². The zero-order valence-corrected chi connectivity index (χ0v) is 13.1. The van der Waals surface area contributed by atoms with Gasteiger partial charge in [0.1, 0.15) is 6.61 Å². The summed E-state index contributed by atoms with van der Waals surface area (Å²) in [7, 11) is 0. The number of cyclic esters (lactones) is 1. The van der Waals surface area contributed by atoms with Crippen LogP contribution in [0.2, 0.25) is 0 Å². The highest BCUT2D eigenvalue weighted by molar-refractivity contribution is 7.08.